The summed E-state index contributed by atoms with van der Waals surface area (Å²) in [6.45, 7) is 7.05. The SMILES string of the molecule is CCCCCCCCCCCCC/C=C/[C@@H](OCc1ccccc1)[C@H](COCc1ccccc1)NC(=O)[C@@H](CCCCCCCCCCCCCCCCCCCCCCCC)OC(C)=O. The Morgan fingerprint density at radius 3 is 1.29 bits per heavy atom. The van der Waals surface area contributed by atoms with Crippen molar-refractivity contribution in [3.63, 3.8) is 0 Å². The highest BCUT2D eigenvalue weighted by Gasteiger charge is 2.28. The average Bonchev–Trinajstić information content (AvgIpc) is 3.33. The zero-order valence-electron chi connectivity index (χ0n) is 43.1. The number of benzene rings is 2. The lowest BCUT2D eigenvalue weighted by atomic mass is 10.0. The first-order chi connectivity index (χ1) is 32.5. The molecule has 1 N–H and O–H groups in total. The van der Waals surface area contributed by atoms with E-state index in [1.807, 2.05) is 48.5 Å². The van der Waals surface area contributed by atoms with Gasteiger partial charge in [0, 0.05) is 6.92 Å². The molecule has 0 saturated carbocycles. The predicted octanol–water partition coefficient (Wildman–Crippen LogP) is 17.5. The van der Waals surface area contributed by atoms with Crippen LogP contribution in [0.2, 0.25) is 0 Å². The Balaban J connectivity index is 1.80. The third-order valence-corrected chi connectivity index (χ3v) is 13.1. The molecule has 0 bridgehead atoms. The van der Waals surface area contributed by atoms with Crippen LogP contribution in [0.5, 0.6) is 0 Å². The quantitative estimate of drug-likeness (QED) is 0.0407. The van der Waals surface area contributed by atoms with Crippen LogP contribution in [0.3, 0.4) is 0 Å². The van der Waals surface area contributed by atoms with Crippen molar-refractivity contribution < 1.29 is 23.8 Å². The standard InChI is InChI=1S/C60H101NO5/c1-4-6-8-10-12-14-16-18-19-20-21-22-23-24-25-26-28-30-32-34-36-44-50-59(66-54(3)62)60(63)61-57(53-64-51-55-45-39-37-40-46-55)58(65-52-56-47-41-38-42-48-56)49-43-35-33-31-29-27-17-15-13-11-9-7-5-2/h37-43,45-49,57-59H,4-36,44,50-53H2,1-3H3,(H,61,63)/b49-43+/t57-,58+,59+/m0/s1. The van der Waals surface area contributed by atoms with E-state index >= 15 is 0 Å². The highest BCUT2D eigenvalue weighted by molar-refractivity contribution is 5.83. The second kappa shape index (κ2) is 44.5. The van der Waals surface area contributed by atoms with E-state index in [4.69, 9.17) is 14.2 Å². The molecular weight excluding hydrogens is 815 g/mol. The van der Waals surface area contributed by atoms with Gasteiger partial charge in [0.2, 0.25) is 0 Å². The van der Waals surface area contributed by atoms with Gasteiger partial charge in [-0.15, -0.1) is 0 Å². The van der Waals surface area contributed by atoms with E-state index < -0.39 is 24.2 Å². The van der Waals surface area contributed by atoms with Gasteiger partial charge in [0.25, 0.3) is 5.91 Å². The van der Waals surface area contributed by atoms with Crippen molar-refractivity contribution in [1.29, 1.82) is 0 Å². The third kappa shape index (κ3) is 35.2. The normalized spacial score (nSPS) is 13.0. The highest BCUT2D eigenvalue weighted by atomic mass is 16.5. The molecule has 0 unspecified atom stereocenters. The molecule has 2 rings (SSSR count). The van der Waals surface area contributed by atoms with Gasteiger partial charge in [0.15, 0.2) is 6.10 Å². The molecule has 0 aliphatic carbocycles. The van der Waals surface area contributed by atoms with Crippen LogP contribution in [-0.2, 0) is 37.0 Å². The molecule has 6 nitrogen and oxygen atoms in total. The van der Waals surface area contributed by atoms with Crippen LogP contribution < -0.4 is 5.32 Å². The van der Waals surface area contributed by atoms with E-state index in [0.717, 1.165) is 43.2 Å². The summed E-state index contributed by atoms with van der Waals surface area (Å²) < 4.78 is 18.5. The number of hydrogen-bond acceptors (Lipinski definition) is 5. The summed E-state index contributed by atoms with van der Waals surface area (Å²) in [5, 5.41) is 3.24. The monoisotopic (exact) mass is 916 g/mol. The molecule has 1 amide bonds. The maximum atomic E-state index is 14.0. The fraction of sp³-hybridized carbons (Fsp3) is 0.733. The number of nitrogens with one attached hydrogen (secondary N) is 1. The van der Waals surface area contributed by atoms with E-state index in [2.05, 4.69) is 43.4 Å². The van der Waals surface area contributed by atoms with Gasteiger partial charge in [0.1, 0.15) is 0 Å². The van der Waals surface area contributed by atoms with Crippen molar-refractivity contribution in [1.82, 2.24) is 5.32 Å². The summed E-state index contributed by atoms with van der Waals surface area (Å²) in [5.74, 6) is -0.719. The highest BCUT2D eigenvalue weighted by Crippen LogP contribution is 2.19. The van der Waals surface area contributed by atoms with Crippen molar-refractivity contribution in [3.8, 4) is 0 Å². The first kappa shape index (κ1) is 59.2. The number of ether oxygens (including phenoxy) is 3. The number of rotatable bonds is 47. The lowest BCUT2D eigenvalue weighted by Gasteiger charge is -2.28. The Morgan fingerprint density at radius 1 is 0.500 bits per heavy atom. The van der Waals surface area contributed by atoms with Gasteiger partial charge in [0.05, 0.1) is 32.0 Å². The Kier molecular flexibility index (Phi) is 39.9. The zero-order valence-corrected chi connectivity index (χ0v) is 43.1. The zero-order chi connectivity index (χ0) is 47.2. The molecule has 376 valence electrons. The molecule has 2 aromatic rings. The fourth-order valence-electron chi connectivity index (χ4n) is 8.98. The van der Waals surface area contributed by atoms with E-state index in [1.54, 1.807) is 0 Å². The molecule has 66 heavy (non-hydrogen) atoms. The molecule has 0 spiro atoms. The van der Waals surface area contributed by atoms with E-state index in [1.165, 1.54) is 193 Å². The number of allylic oxidation sites excluding steroid dienone is 1. The van der Waals surface area contributed by atoms with E-state index in [-0.39, 0.29) is 12.5 Å². The number of esters is 1. The second-order valence-corrected chi connectivity index (χ2v) is 19.4. The largest absolute Gasteiger partial charge is 0.452 e. The minimum atomic E-state index is -0.848. The van der Waals surface area contributed by atoms with Gasteiger partial charge in [-0.25, -0.2) is 0 Å². The van der Waals surface area contributed by atoms with Crippen LogP contribution >= 0.6 is 0 Å². The van der Waals surface area contributed by atoms with Gasteiger partial charge in [-0.3, -0.25) is 9.59 Å². The number of amides is 1. The van der Waals surface area contributed by atoms with Gasteiger partial charge < -0.3 is 19.5 Å². The average molecular weight is 916 g/mol. The van der Waals surface area contributed by atoms with Gasteiger partial charge in [-0.2, -0.15) is 0 Å². The fourth-order valence-corrected chi connectivity index (χ4v) is 8.98. The lowest BCUT2D eigenvalue weighted by Crippen LogP contribution is -2.50. The van der Waals surface area contributed by atoms with Crippen LogP contribution in [0.25, 0.3) is 0 Å². The molecule has 0 aliphatic rings. The Labute approximate surface area is 407 Å². The minimum Gasteiger partial charge on any atom is -0.452 e. The number of unbranched alkanes of at least 4 members (excludes halogenated alkanes) is 32. The van der Waals surface area contributed by atoms with Gasteiger partial charge in [-0.1, -0.05) is 286 Å². The molecular formula is C60H101NO5. The first-order valence-corrected chi connectivity index (χ1v) is 27.9. The summed E-state index contributed by atoms with van der Waals surface area (Å²) in [5.41, 5.74) is 2.14. The lowest BCUT2D eigenvalue weighted by molar-refractivity contribution is -0.155. The Morgan fingerprint density at radius 2 is 0.879 bits per heavy atom. The first-order valence-electron chi connectivity index (χ1n) is 27.9. The second-order valence-electron chi connectivity index (χ2n) is 19.4. The number of carbonyl (C=O) groups excluding carboxylic acids is 2. The van der Waals surface area contributed by atoms with Crippen LogP contribution in [0.1, 0.15) is 257 Å². The summed E-state index contributed by atoms with van der Waals surface area (Å²) in [7, 11) is 0. The maximum absolute atomic E-state index is 14.0. The van der Waals surface area contributed by atoms with E-state index in [0.29, 0.717) is 19.6 Å². The Hall–Kier alpha value is -2.96. The molecule has 0 saturated heterocycles. The molecule has 0 fully saturated rings. The predicted molar refractivity (Wildman–Crippen MR) is 281 cm³/mol. The van der Waals surface area contributed by atoms with Crippen LogP contribution in [0.4, 0.5) is 0 Å². The number of hydrogen-bond donors (Lipinski definition) is 1. The molecule has 2 aromatic carbocycles. The van der Waals surface area contributed by atoms with E-state index in [9.17, 15) is 9.59 Å². The van der Waals surface area contributed by atoms with Gasteiger partial charge >= 0.3 is 5.97 Å². The van der Waals surface area contributed by atoms with Crippen molar-refractivity contribution in [2.45, 2.75) is 277 Å². The van der Waals surface area contributed by atoms with Crippen molar-refractivity contribution in [2.75, 3.05) is 6.61 Å². The topological polar surface area (TPSA) is 73.9 Å². The van der Waals surface area contributed by atoms with Crippen molar-refractivity contribution >= 4 is 11.9 Å². The third-order valence-electron chi connectivity index (χ3n) is 13.1. The minimum absolute atomic E-state index is 0.259. The van der Waals surface area contributed by atoms with Crippen LogP contribution in [0, 0.1) is 0 Å². The Bertz CT molecular complexity index is 1380. The van der Waals surface area contributed by atoms with Crippen LogP contribution in [0.15, 0.2) is 72.8 Å². The molecule has 0 heterocycles. The van der Waals surface area contributed by atoms with Crippen molar-refractivity contribution in [3.05, 3.63) is 83.9 Å². The smallest absolute Gasteiger partial charge is 0.303 e. The molecule has 0 aliphatic heterocycles. The number of carbonyl (C=O) groups is 2. The molecule has 3 atom stereocenters. The maximum Gasteiger partial charge on any atom is 0.303 e. The van der Waals surface area contributed by atoms with Gasteiger partial charge in [-0.05, 0) is 36.8 Å². The summed E-state index contributed by atoms with van der Waals surface area (Å²) in [4.78, 5) is 26.3. The summed E-state index contributed by atoms with van der Waals surface area (Å²) >= 11 is 0. The van der Waals surface area contributed by atoms with Crippen molar-refractivity contribution in [2.24, 2.45) is 0 Å². The molecule has 6 heteroatoms. The summed E-state index contributed by atoms with van der Waals surface area (Å²) in [6.07, 6.45) is 48.3. The molecule has 0 radical (unpaired) electrons. The van der Waals surface area contributed by atoms with Crippen LogP contribution in [-0.4, -0.2) is 36.7 Å². The summed E-state index contributed by atoms with van der Waals surface area (Å²) in [6, 6.07) is 19.8. The molecule has 0 aromatic heterocycles.